The Morgan fingerprint density at radius 3 is 2.62 bits per heavy atom. The second-order valence-corrected chi connectivity index (χ2v) is 6.13. The smallest absolute Gasteiger partial charge is 0.264 e. The molecule has 1 N–H and O–H groups in total. The van der Waals surface area contributed by atoms with Crippen molar-refractivity contribution in [1.82, 2.24) is 14.9 Å². The minimum atomic E-state index is -0.0663. The Labute approximate surface area is 129 Å². The van der Waals surface area contributed by atoms with E-state index in [-0.39, 0.29) is 5.91 Å². The van der Waals surface area contributed by atoms with Crippen molar-refractivity contribution in [1.29, 1.82) is 0 Å². The largest absolute Gasteiger partial charge is 0.351 e. The standard InChI is InChI=1S/C16H21N3OS/c1-4-14-15(21-19-18-14)16(20)17-10-13(11(2)3)12-8-6-5-7-9-12/h5-9,11,13H,4,10H2,1-3H3,(H,17,20). The number of nitrogens with one attached hydrogen (secondary N) is 1. The average molecular weight is 303 g/mol. The molecule has 0 aliphatic heterocycles. The monoisotopic (exact) mass is 303 g/mol. The van der Waals surface area contributed by atoms with Gasteiger partial charge in [0.15, 0.2) is 0 Å². The van der Waals surface area contributed by atoms with Crippen molar-refractivity contribution >= 4 is 17.4 Å². The lowest BCUT2D eigenvalue weighted by Gasteiger charge is -2.21. The first-order chi connectivity index (χ1) is 10.1. The van der Waals surface area contributed by atoms with E-state index in [9.17, 15) is 4.79 Å². The highest BCUT2D eigenvalue weighted by Crippen LogP contribution is 2.23. The maximum absolute atomic E-state index is 12.3. The Balaban J connectivity index is 2.04. The van der Waals surface area contributed by atoms with E-state index in [2.05, 4.69) is 40.9 Å². The lowest BCUT2D eigenvalue weighted by atomic mass is 9.88. The summed E-state index contributed by atoms with van der Waals surface area (Å²) >= 11 is 1.16. The molecule has 1 amide bonds. The van der Waals surface area contributed by atoms with Crippen LogP contribution in [0.3, 0.4) is 0 Å². The molecule has 5 heteroatoms. The number of hydrogen-bond acceptors (Lipinski definition) is 4. The number of aromatic nitrogens is 2. The molecule has 1 aromatic carbocycles. The third-order valence-corrected chi connectivity index (χ3v) is 4.38. The van der Waals surface area contributed by atoms with Crippen LogP contribution in [0.15, 0.2) is 30.3 Å². The maximum Gasteiger partial charge on any atom is 0.264 e. The van der Waals surface area contributed by atoms with Gasteiger partial charge in [0, 0.05) is 12.5 Å². The second kappa shape index (κ2) is 7.31. The first kappa shape index (κ1) is 15.6. The molecule has 0 spiro atoms. The number of benzene rings is 1. The van der Waals surface area contributed by atoms with Crippen molar-refractivity contribution < 1.29 is 4.79 Å². The van der Waals surface area contributed by atoms with Crippen LogP contribution in [0.2, 0.25) is 0 Å². The van der Waals surface area contributed by atoms with Crippen LogP contribution in [0.1, 0.15) is 47.6 Å². The first-order valence-electron chi connectivity index (χ1n) is 7.27. The van der Waals surface area contributed by atoms with Gasteiger partial charge in [0.25, 0.3) is 5.91 Å². The fourth-order valence-corrected chi connectivity index (χ4v) is 3.00. The molecule has 0 fully saturated rings. The average Bonchev–Trinajstić information content (AvgIpc) is 2.96. The first-order valence-corrected chi connectivity index (χ1v) is 8.05. The third kappa shape index (κ3) is 3.88. The van der Waals surface area contributed by atoms with Gasteiger partial charge in [-0.25, -0.2) is 0 Å². The predicted octanol–water partition coefficient (Wildman–Crippen LogP) is 3.27. The van der Waals surface area contributed by atoms with Gasteiger partial charge in [0.1, 0.15) is 4.88 Å². The minimum absolute atomic E-state index is 0.0663. The van der Waals surface area contributed by atoms with Crippen LogP contribution in [0.25, 0.3) is 0 Å². The fraction of sp³-hybridized carbons (Fsp3) is 0.438. The Kier molecular flexibility index (Phi) is 5.44. The van der Waals surface area contributed by atoms with Gasteiger partial charge in [-0.05, 0) is 29.4 Å². The molecule has 1 aromatic heterocycles. The lowest BCUT2D eigenvalue weighted by molar-refractivity contribution is 0.0952. The number of amides is 1. The summed E-state index contributed by atoms with van der Waals surface area (Å²) in [7, 11) is 0. The van der Waals surface area contributed by atoms with Crippen LogP contribution < -0.4 is 5.32 Å². The van der Waals surface area contributed by atoms with Crippen molar-refractivity contribution in [3.63, 3.8) is 0 Å². The quantitative estimate of drug-likeness (QED) is 0.891. The summed E-state index contributed by atoms with van der Waals surface area (Å²) in [5, 5.41) is 7.01. The van der Waals surface area contributed by atoms with E-state index in [0.717, 1.165) is 23.6 Å². The van der Waals surface area contributed by atoms with Crippen molar-refractivity contribution in [3.05, 3.63) is 46.5 Å². The second-order valence-electron chi connectivity index (χ2n) is 5.37. The SMILES string of the molecule is CCc1nnsc1C(=O)NCC(c1ccccc1)C(C)C. The van der Waals surface area contributed by atoms with E-state index in [4.69, 9.17) is 0 Å². The minimum Gasteiger partial charge on any atom is -0.351 e. The van der Waals surface area contributed by atoms with Crippen molar-refractivity contribution in [2.24, 2.45) is 5.92 Å². The van der Waals surface area contributed by atoms with Crippen molar-refractivity contribution in [2.45, 2.75) is 33.1 Å². The van der Waals surface area contributed by atoms with E-state index in [1.807, 2.05) is 25.1 Å². The van der Waals surface area contributed by atoms with Gasteiger partial charge >= 0.3 is 0 Å². The van der Waals surface area contributed by atoms with E-state index in [1.165, 1.54) is 5.56 Å². The van der Waals surface area contributed by atoms with Gasteiger partial charge in [0.2, 0.25) is 0 Å². The molecule has 0 bridgehead atoms. The zero-order valence-electron chi connectivity index (χ0n) is 12.7. The molecule has 21 heavy (non-hydrogen) atoms. The predicted molar refractivity (Wildman–Crippen MR) is 85.6 cm³/mol. The highest BCUT2D eigenvalue weighted by molar-refractivity contribution is 7.08. The Morgan fingerprint density at radius 2 is 2.00 bits per heavy atom. The van der Waals surface area contributed by atoms with Crippen LogP contribution in [-0.4, -0.2) is 22.0 Å². The van der Waals surface area contributed by atoms with E-state index < -0.39 is 0 Å². The van der Waals surface area contributed by atoms with Crippen LogP contribution in [0.4, 0.5) is 0 Å². The maximum atomic E-state index is 12.3. The molecule has 112 valence electrons. The molecule has 1 atom stereocenters. The molecule has 0 radical (unpaired) electrons. The molecule has 0 saturated carbocycles. The Morgan fingerprint density at radius 1 is 1.29 bits per heavy atom. The van der Waals surface area contributed by atoms with E-state index >= 15 is 0 Å². The van der Waals surface area contributed by atoms with Crippen molar-refractivity contribution in [2.75, 3.05) is 6.54 Å². The summed E-state index contributed by atoms with van der Waals surface area (Å²) in [4.78, 5) is 12.9. The van der Waals surface area contributed by atoms with E-state index in [0.29, 0.717) is 23.3 Å². The molecule has 0 aliphatic rings. The van der Waals surface area contributed by atoms with Gasteiger partial charge in [-0.3, -0.25) is 4.79 Å². The van der Waals surface area contributed by atoms with Crippen LogP contribution in [-0.2, 0) is 6.42 Å². The van der Waals surface area contributed by atoms with Crippen LogP contribution in [0, 0.1) is 5.92 Å². The normalized spacial score (nSPS) is 12.4. The summed E-state index contributed by atoms with van der Waals surface area (Å²) < 4.78 is 3.87. The molecular formula is C16H21N3OS. The van der Waals surface area contributed by atoms with Crippen LogP contribution >= 0.6 is 11.5 Å². The summed E-state index contributed by atoms with van der Waals surface area (Å²) in [6, 6.07) is 10.3. The zero-order valence-corrected chi connectivity index (χ0v) is 13.5. The molecule has 2 rings (SSSR count). The van der Waals surface area contributed by atoms with Crippen molar-refractivity contribution in [3.8, 4) is 0 Å². The summed E-state index contributed by atoms with van der Waals surface area (Å²) in [6.45, 7) is 6.96. The topological polar surface area (TPSA) is 54.9 Å². The fourth-order valence-electron chi connectivity index (χ4n) is 2.33. The highest BCUT2D eigenvalue weighted by atomic mass is 32.1. The number of hydrogen-bond donors (Lipinski definition) is 1. The third-order valence-electron chi connectivity index (χ3n) is 3.61. The Bertz CT molecular complexity index is 580. The van der Waals surface area contributed by atoms with Gasteiger partial charge in [0.05, 0.1) is 5.69 Å². The Hall–Kier alpha value is -1.75. The number of carbonyl (C=O) groups excluding carboxylic acids is 1. The molecule has 0 saturated heterocycles. The molecule has 1 heterocycles. The lowest BCUT2D eigenvalue weighted by Crippen LogP contribution is -2.30. The number of rotatable bonds is 6. The molecule has 1 unspecified atom stereocenters. The summed E-state index contributed by atoms with van der Waals surface area (Å²) in [5.74, 6) is 0.697. The highest BCUT2D eigenvalue weighted by Gasteiger charge is 2.19. The summed E-state index contributed by atoms with van der Waals surface area (Å²) in [5.41, 5.74) is 2.03. The van der Waals surface area contributed by atoms with Crippen LogP contribution in [0.5, 0.6) is 0 Å². The number of carbonyl (C=O) groups is 1. The van der Waals surface area contributed by atoms with Gasteiger partial charge in [-0.1, -0.05) is 55.6 Å². The molecule has 2 aromatic rings. The van der Waals surface area contributed by atoms with Gasteiger partial charge in [-0.2, -0.15) is 0 Å². The molecular weight excluding hydrogens is 282 g/mol. The molecule has 4 nitrogen and oxygen atoms in total. The van der Waals surface area contributed by atoms with E-state index in [1.54, 1.807) is 0 Å². The van der Waals surface area contributed by atoms with Gasteiger partial charge in [-0.15, -0.1) is 5.10 Å². The number of aryl methyl sites for hydroxylation is 1. The van der Waals surface area contributed by atoms with Gasteiger partial charge < -0.3 is 5.32 Å². The number of nitrogens with zero attached hydrogens (tertiary/aromatic N) is 2. The summed E-state index contributed by atoms with van der Waals surface area (Å²) in [6.07, 6.45) is 0.728. The molecule has 0 aliphatic carbocycles. The zero-order chi connectivity index (χ0) is 15.2.